The summed E-state index contributed by atoms with van der Waals surface area (Å²) in [4.78, 5) is 13.7. The first-order valence-corrected chi connectivity index (χ1v) is 7.50. The smallest absolute Gasteiger partial charge is 0.219 e. The lowest BCUT2D eigenvalue weighted by molar-refractivity contribution is -0.122. The standard InChI is InChI=1S/C11H20N2O3S/c1-11(2)10(14)5-7-13(11)17(15,16)9-4-6-12(3)8-9/h9H,4-8H2,1-3H3. The number of Topliss-reactive ketones (excluding diaryl/α,β-unsaturated/α-hetero) is 1. The normalized spacial score (nSPS) is 31.2. The topological polar surface area (TPSA) is 57.7 Å². The molecule has 0 radical (unpaired) electrons. The van der Waals surface area contributed by atoms with Crippen molar-refractivity contribution in [1.82, 2.24) is 9.21 Å². The van der Waals surface area contributed by atoms with Crippen molar-refractivity contribution in [2.45, 2.75) is 37.5 Å². The molecule has 5 nitrogen and oxygen atoms in total. The van der Waals surface area contributed by atoms with Gasteiger partial charge in [0.1, 0.15) is 0 Å². The van der Waals surface area contributed by atoms with Crippen molar-refractivity contribution in [3.8, 4) is 0 Å². The summed E-state index contributed by atoms with van der Waals surface area (Å²) in [5, 5.41) is -0.349. The van der Waals surface area contributed by atoms with E-state index in [2.05, 4.69) is 0 Å². The predicted molar refractivity (Wildman–Crippen MR) is 65.2 cm³/mol. The van der Waals surface area contributed by atoms with Gasteiger partial charge in [0.15, 0.2) is 5.78 Å². The van der Waals surface area contributed by atoms with Gasteiger partial charge in [0.05, 0.1) is 10.8 Å². The zero-order valence-electron chi connectivity index (χ0n) is 10.6. The SMILES string of the molecule is CN1CCC(S(=O)(=O)N2CCC(=O)C2(C)C)C1. The Morgan fingerprint density at radius 2 is 1.94 bits per heavy atom. The molecule has 2 fully saturated rings. The van der Waals surface area contributed by atoms with Crippen LogP contribution >= 0.6 is 0 Å². The van der Waals surface area contributed by atoms with Gasteiger partial charge in [-0.1, -0.05) is 0 Å². The van der Waals surface area contributed by atoms with Crippen LogP contribution in [0.2, 0.25) is 0 Å². The van der Waals surface area contributed by atoms with E-state index in [1.807, 2.05) is 11.9 Å². The molecular weight excluding hydrogens is 240 g/mol. The zero-order valence-corrected chi connectivity index (χ0v) is 11.5. The summed E-state index contributed by atoms with van der Waals surface area (Å²) in [6, 6.07) is 0. The quantitative estimate of drug-likeness (QED) is 0.705. The van der Waals surface area contributed by atoms with Crippen LogP contribution in [0, 0.1) is 0 Å². The highest BCUT2D eigenvalue weighted by molar-refractivity contribution is 7.89. The third-order valence-corrected chi connectivity index (χ3v) is 6.40. The molecule has 0 aromatic rings. The minimum Gasteiger partial charge on any atom is -0.305 e. The van der Waals surface area contributed by atoms with Crippen molar-refractivity contribution in [1.29, 1.82) is 0 Å². The van der Waals surface area contributed by atoms with Crippen molar-refractivity contribution in [2.24, 2.45) is 0 Å². The number of likely N-dealkylation sites (tertiary alicyclic amines) is 1. The molecular formula is C11H20N2O3S. The van der Waals surface area contributed by atoms with Crippen LogP contribution < -0.4 is 0 Å². The number of nitrogens with zero attached hydrogens (tertiary/aromatic N) is 2. The molecule has 1 unspecified atom stereocenters. The lowest BCUT2D eigenvalue weighted by atomic mass is 10.0. The fourth-order valence-corrected chi connectivity index (χ4v) is 4.98. The molecule has 0 N–H and O–H groups in total. The molecule has 2 aliphatic rings. The Bertz CT molecular complexity index is 430. The maximum atomic E-state index is 12.5. The zero-order chi connectivity index (χ0) is 12.8. The number of rotatable bonds is 2. The van der Waals surface area contributed by atoms with Gasteiger partial charge in [0.2, 0.25) is 10.0 Å². The van der Waals surface area contributed by atoms with Gasteiger partial charge >= 0.3 is 0 Å². The van der Waals surface area contributed by atoms with Gasteiger partial charge in [-0.15, -0.1) is 0 Å². The summed E-state index contributed by atoms with van der Waals surface area (Å²) in [6.45, 7) is 5.14. The fourth-order valence-electron chi connectivity index (χ4n) is 2.69. The molecule has 0 bridgehead atoms. The Labute approximate surface area is 103 Å². The van der Waals surface area contributed by atoms with Gasteiger partial charge in [-0.2, -0.15) is 4.31 Å². The van der Waals surface area contributed by atoms with Crippen molar-refractivity contribution < 1.29 is 13.2 Å². The minimum absolute atomic E-state index is 0.0208. The lowest BCUT2D eigenvalue weighted by Crippen LogP contribution is -2.50. The van der Waals surface area contributed by atoms with Gasteiger partial charge in [-0.25, -0.2) is 8.42 Å². The van der Waals surface area contributed by atoms with Crippen LogP contribution in [0.4, 0.5) is 0 Å². The van der Waals surface area contributed by atoms with Gasteiger partial charge in [0.25, 0.3) is 0 Å². The largest absolute Gasteiger partial charge is 0.305 e. The highest BCUT2D eigenvalue weighted by atomic mass is 32.2. The number of hydrogen-bond acceptors (Lipinski definition) is 4. The van der Waals surface area contributed by atoms with Crippen LogP contribution in [0.1, 0.15) is 26.7 Å². The van der Waals surface area contributed by atoms with E-state index in [0.717, 1.165) is 6.54 Å². The fraction of sp³-hybridized carbons (Fsp3) is 0.909. The number of hydrogen-bond donors (Lipinski definition) is 0. The molecule has 0 aromatic heterocycles. The second kappa shape index (κ2) is 4.03. The monoisotopic (exact) mass is 260 g/mol. The van der Waals surface area contributed by atoms with Crippen LogP contribution in [0.3, 0.4) is 0 Å². The first-order valence-electron chi connectivity index (χ1n) is 6.00. The van der Waals surface area contributed by atoms with Crippen LogP contribution in [-0.2, 0) is 14.8 Å². The first-order chi connectivity index (χ1) is 7.76. The van der Waals surface area contributed by atoms with Crippen molar-refractivity contribution >= 4 is 15.8 Å². The molecule has 0 spiro atoms. The van der Waals surface area contributed by atoms with E-state index in [0.29, 0.717) is 25.9 Å². The summed E-state index contributed by atoms with van der Waals surface area (Å²) >= 11 is 0. The van der Waals surface area contributed by atoms with E-state index in [4.69, 9.17) is 0 Å². The third-order valence-electron chi connectivity index (χ3n) is 3.92. The van der Waals surface area contributed by atoms with Crippen LogP contribution in [0.5, 0.6) is 0 Å². The molecule has 0 aromatic carbocycles. The maximum Gasteiger partial charge on any atom is 0.219 e. The first kappa shape index (κ1) is 13.0. The number of ketones is 1. The van der Waals surface area contributed by atoms with Crippen molar-refractivity contribution in [3.05, 3.63) is 0 Å². The predicted octanol–water partition coefficient (Wildman–Crippen LogP) is 0.0737. The van der Waals surface area contributed by atoms with Crippen LogP contribution in [-0.4, -0.2) is 60.9 Å². The average molecular weight is 260 g/mol. The highest BCUT2D eigenvalue weighted by Crippen LogP contribution is 2.32. The Morgan fingerprint density at radius 3 is 2.35 bits per heavy atom. The lowest BCUT2D eigenvalue weighted by Gasteiger charge is -2.31. The Morgan fingerprint density at radius 1 is 1.29 bits per heavy atom. The van der Waals surface area contributed by atoms with Crippen molar-refractivity contribution in [2.75, 3.05) is 26.7 Å². The minimum atomic E-state index is -3.34. The third kappa shape index (κ3) is 2.02. The molecule has 0 aliphatic carbocycles. The van der Waals surface area contributed by atoms with E-state index in [1.165, 1.54) is 4.31 Å². The Hall–Kier alpha value is -0.460. The molecule has 2 heterocycles. The average Bonchev–Trinajstić information content (AvgIpc) is 2.73. The van der Waals surface area contributed by atoms with Crippen molar-refractivity contribution in [3.63, 3.8) is 0 Å². The Balaban J connectivity index is 2.25. The molecule has 1 atom stereocenters. The second-order valence-electron chi connectivity index (χ2n) is 5.52. The van der Waals surface area contributed by atoms with E-state index >= 15 is 0 Å². The van der Waals surface area contributed by atoms with Crippen LogP contribution in [0.15, 0.2) is 0 Å². The molecule has 2 saturated heterocycles. The molecule has 2 aliphatic heterocycles. The number of carbonyl (C=O) groups excluding carboxylic acids is 1. The Kier molecular flexibility index (Phi) is 3.08. The molecule has 2 rings (SSSR count). The summed E-state index contributed by atoms with van der Waals surface area (Å²) in [5.41, 5.74) is -0.861. The van der Waals surface area contributed by atoms with E-state index in [9.17, 15) is 13.2 Å². The van der Waals surface area contributed by atoms with E-state index in [-0.39, 0.29) is 11.0 Å². The van der Waals surface area contributed by atoms with E-state index in [1.54, 1.807) is 13.8 Å². The molecule has 6 heteroatoms. The highest BCUT2D eigenvalue weighted by Gasteiger charge is 2.49. The molecule has 0 saturated carbocycles. The summed E-state index contributed by atoms with van der Waals surface area (Å²) in [5.74, 6) is 0.0208. The summed E-state index contributed by atoms with van der Waals surface area (Å²) < 4.78 is 26.4. The van der Waals surface area contributed by atoms with Gasteiger partial charge in [-0.05, 0) is 33.9 Å². The van der Waals surface area contributed by atoms with E-state index < -0.39 is 15.6 Å². The van der Waals surface area contributed by atoms with Gasteiger partial charge in [-0.3, -0.25) is 4.79 Å². The van der Waals surface area contributed by atoms with Gasteiger partial charge < -0.3 is 4.90 Å². The van der Waals surface area contributed by atoms with Gasteiger partial charge in [0, 0.05) is 19.5 Å². The molecule has 98 valence electrons. The number of sulfonamides is 1. The molecule has 17 heavy (non-hydrogen) atoms. The summed E-state index contributed by atoms with van der Waals surface area (Å²) in [7, 11) is -1.41. The molecule has 0 amide bonds. The summed E-state index contributed by atoms with van der Waals surface area (Å²) in [6.07, 6.45) is 1.01. The maximum absolute atomic E-state index is 12.5. The van der Waals surface area contributed by atoms with Crippen LogP contribution in [0.25, 0.3) is 0 Å². The second-order valence-corrected chi connectivity index (χ2v) is 7.66. The number of carbonyl (C=O) groups is 1.